The van der Waals surface area contributed by atoms with Crippen molar-refractivity contribution in [3.05, 3.63) is 6.33 Å². The molecule has 17 heavy (non-hydrogen) atoms. The van der Waals surface area contributed by atoms with Crippen molar-refractivity contribution in [3.8, 4) is 5.88 Å². The van der Waals surface area contributed by atoms with Gasteiger partial charge in [-0.25, -0.2) is 4.98 Å². The maximum atomic E-state index is 11.9. The van der Waals surface area contributed by atoms with Crippen LogP contribution in [-0.2, 0) is 4.79 Å². The van der Waals surface area contributed by atoms with Crippen LogP contribution in [-0.4, -0.2) is 40.6 Å². The van der Waals surface area contributed by atoms with Gasteiger partial charge in [0.05, 0.1) is 12.9 Å². The maximum absolute atomic E-state index is 11.9. The molecule has 1 aromatic heterocycles. The summed E-state index contributed by atoms with van der Waals surface area (Å²) in [4.78, 5) is 21.9. The van der Waals surface area contributed by atoms with Gasteiger partial charge in [-0.05, 0) is 6.42 Å². The number of halogens is 1. The molecule has 0 spiro atoms. The van der Waals surface area contributed by atoms with Crippen molar-refractivity contribution in [3.63, 3.8) is 0 Å². The van der Waals surface area contributed by atoms with E-state index in [2.05, 4.69) is 25.9 Å². The van der Waals surface area contributed by atoms with Gasteiger partial charge in [0.15, 0.2) is 0 Å². The van der Waals surface area contributed by atoms with Gasteiger partial charge in [0.25, 0.3) is 0 Å². The molecule has 1 aliphatic heterocycles. The third-order valence-electron chi connectivity index (χ3n) is 2.37. The number of fused-ring (bicyclic) bond motifs is 1. The quantitative estimate of drug-likeness (QED) is 0.625. The average Bonchev–Trinajstić information content (AvgIpc) is 2.37. The van der Waals surface area contributed by atoms with Crippen LogP contribution in [0.5, 0.6) is 5.88 Å². The summed E-state index contributed by atoms with van der Waals surface area (Å²) in [6, 6.07) is 0. The number of ether oxygens (including phenoxy) is 1. The van der Waals surface area contributed by atoms with Gasteiger partial charge in [-0.3, -0.25) is 4.79 Å². The molecule has 0 aromatic carbocycles. The van der Waals surface area contributed by atoms with Gasteiger partial charge < -0.3 is 9.64 Å². The van der Waals surface area contributed by atoms with Crippen LogP contribution in [0.3, 0.4) is 0 Å². The number of thioether (sulfide) groups is 1. The second kappa shape index (κ2) is 5.68. The van der Waals surface area contributed by atoms with Gasteiger partial charge in [-0.2, -0.15) is 4.98 Å². The fourth-order valence-corrected chi connectivity index (χ4v) is 2.74. The van der Waals surface area contributed by atoms with Crippen LogP contribution in [0.15, 0.2) is 11.4 Å². The van der Waals surface area contributed by atoms with Gasteiger partial charge in [0.1, 0.15) is 17.0 Å². The fourth-order valence-electron chi connectivity index (χ4n) is 1.62. The van der Waals surface area contributed by atoms with Crippen LogP contribution >= 0.6 is 27.7 Å². The highest BCUT2D eigenvalue weighted by Crippen LogP contribution is 2.38. The molecule has 0 radical (unpaired) electrons. The Morgan fingerprint density at radius 3 is 3.12 bits per heavy atom. The topological polar surface area (TPSA) is 55.3 Å². The highest BCUT2D eigenvalue weighted by atomic mass is 79.9. The molecule has 0 N–H and O–H groups in total. The highest BCUT2D eigenvalue weighted by molar-refractivity contribution is 9.09. The first-order chi connectivity index (χ1) is 8.27. The predicted molar refractivity (Wildman–Crippen MR) is 70.1 cm³/mol. The lowest BCUT2D eigenvalue weighted by Crippen LogP contribution is -2.37. The Bertz CT molecular complexity index is 416. The van der Waals surface area contributed by atoms with Crippen molar-refractivity contribution >= 4 is 39.3 Å². The van der Waals surface area contributed by atoms with Gasteiger partial charge in [0, 0.05) is 11.9 Å². The Kier molecular flexibility index (Phi) is 4.22. The van der Waals surface area contributed by atoms with Crippen LogP contribution < -0.4 is 9.64 Å². The maximum Gasteiger partial charge on any atom is 0.242 e. The normalized spacial score (nSPS) is 14.7. The Hall–Kier alpha value is -0.820. The molecule has 7 heteroatoms. The summed E-state index contributed by atoms with van der Waals surface area (Å²) < 4.78 is 5.20. The molecule has 5 nitrogen and oxygen atoms in total. The summed E-state index contributed by atoms with van der Waals surface area (Å²) in [5.41, 5.74) is 0.706. The molecule has 0 saturated carbocycles. The van der Waals surface area contributed by atoms with Gasteiger partial charge in [-0.1, -0.05) is 27.7 Å². The minimum Gasteiger partial charge on any atom is -0.479 e. The van der Waals surface area contributed by atoms with Crippen LogP contribution in [0.25, 0.3) is 0 Å². The van der Waals surface area contributed by atoms with Crippen molar-refractivity contribution in [1.82, 2.24) is 9.97 Å². The van der Waals surface area contributed by atoms with Crippen molar-refractivity contribution in [1.29, 1.82) is 0 Å². The third kappa shape index (κ3) is 2.55. The van der Waals surface area contributed by atoms with Gasteiger partial charge in [-0.15, -0.1) is 0 Å². The molecule has 1 amide bonds. The van der Waals surface area contributed by atoms with E-state index in [1.54, 1.807) is 12.0 Å². The molecule has 0 unspecified atom stereocenters. The smallest absolute Gasteiger partial charge is 0.242 e. The lowest BCUT2D eigenvalue weighted by molar-refractivity contribution is -0.116. The van der Waals surface area contributed by atoms with Crippen LogP contribution in [0.2, 0.25) is 0 Å². The molecule has 0 fully saturated rings. The summed E-state index contributed by atoms with van der Waals surface area (Å²) in [7, 11) is 1.55. The molecule has 2 rings (SSSR count). The van der Waals surface area contributed by atoms with Crippen LogP contribution in [0.1, 0.15) is 6.42 Å². The second-order valence-electron chi connectivity index (χ2n) is 3.41. The lowest BCUT2D eigenvalue weighted by Gasteiger charge is -2.28. The predicted octanol–water partition coefficient (Wildman–Crippen LogP) is 1.71. The molecule has 0 atom stereocenters. The van der Waals surface area contributed by atoms with Crippen molar-refractivity contribution in [2.24, 2.45) is 0 Å². The average molecular weight is 318 g/mol. The fraction of sp³-hybridized carbons (Fsp3) is 0.500. The van der Waals surface area contributed by atoms with Crippen molar-refractivity contribution in [2.45, 2.75) is 11.4 Å². The number of carbonyl (C=O) groups excluding carboxylic acids is 1. The standard InChI is InChI=1S/C10H12BrN3O2S/c1-16-9-8-10(13-6-12-9)17-5-7(15)14(8)4-2-3-11/h6H,2-5H2,1H3. The van der Waals surface area contributed by atoms with E-state index in [1.807, 2.05) is 0 Å². The zero-order valence-corrected chi connectivity index (χ0v) is 11.8. The van der Waals surface area contributed by atoms with Gasteiger partial charge >= 0.3 is 0 Å². The molecule has 0 aliphatic carbocycles. The number of anilines is 1. The molecular formula is C10H12BrN3O2S. The molecule has 0 saturated heterocycles. The number of carbonyl (C=O) groups is 1. The summed E-state index contributed by atoms with van der Waals surface area (Å²) in [6.07, 6.45) is 2.34. The lowest BCUT2D eigenvalue weighted by atomic mass is 10.3. The number of nitrogens with zero attached hydrogens (tertiary/aromatic N) is 3. The monoisotopic (exact) mass is 317 g/mol. The molecular weight excluding hydrogens is 306 g/mol. The molecule has 1 aliphatic rings. The number of alkyl halides is 1. The molecule has 92 valence electrons. The first kappa shape index (κ1) is 12.6. The van der Waals surface area contributed by atoms with E-state index >= 15 is 0 Å². The van der Waals surface area contributed by atoms with Crippen molar-refractivity contribution in [2.75, 3.05) is 29.6 Å². The SMILES string of the molecule is COc1ncnc2c1N(CCCBr)C(=O)CS2. The molecule has 1 aromatic rings. The first-order valence-corrected chi connectivity index (χ1v) is 7.26. The molecule has 2 heterocycles. The second-order valence-corrected chi connectivity index (χ2v) is 5.17. The number of hydrogen-bond acceptors (Lipinski definition) is 5. The number of hydrogen-bond donors (Lipinski definition) is 0. The minimum atomic E-state index is 0.0801. The number of rotatable bonds is 4. The van der Waals surface area contributed by atoms with E-state index in [0.29, 0.717) is 23.9 Å². The van der Waals surface area contributed by atoms with E-state index in [1.165, 1.54) is 18.1 Å². The highest BCUT2D eigenvalue weighted by Gasteiger charge is 2.29. The van der Waals surface area contributed by atoms with E-state index in [0.717, 1.165) is 16.8 Å². The number of aromatic nitrogens is 2. The zero-order chi connectivity index (χ0) is 12.3. The Morgan fingerprint density at radius 1 is 1.59 bits per heavy atom. The van der Waals surface area contributed by atoms with E-state index in [4.69, 9.17) is 4.74 Å². The summed E-state index contributed by atoms with van der Waals surface area (Å²) in [5.74, 6) is 0.969. The summed E-state index contributed by atoms with van der Waals surface area (Å²) >= 11 is 4.80. The Balaban J connectivity index is 2.38. The Labute approximate surface area is 112 Å². The zero-order valence-electron chi connectivity index (χ0n) is 9.35. The van der Waals surface area contributed by atoms with Crippen LogP contribution in [0, 0.1) is 0 Å². The number of methoxy groups -OCH3 is 1. The largest absolute Gasteiger partial charge is 0.479 e. The van der Waals surface area contributed by atoms with Crippen molar-refractivity contribution < 1.29 is 9.53 Å². The van der Waals surface area contributed by atoms with Gasteiger partial charge in [0.2, 0.25) is 11.8 Å². The third-order valence-corrected chi connectivity index (χ3v) is 3.89. The van der Waals surface area contributed by atoms with E-state index in [-0.39, 0.29) is 5.91 Å². The summed E-state index contributed by atoms with van der Waals surface area (Å²) in [6.45, 7) is 0.654. The molecule has 0 bridgehead atoms. The minimum absolute atomic E-state index is 0.0801. The first-order valence-electron chi connectivity index (χ1n) is 5.16. The Morgan fingerprint density at radius 2 is 2.41 bits per heavy atom. The summed E-state index contributed by atoms with van der Waals surface area (Å²) in [5, 5.41) is 1.67. The van der Waals surface area contributed by atoms with Crippen LogP contribution in [0.4, 0.5) is 5.69 Å². The van der Waals surface area contributed by atoms with E-state index < -0.39 is 0 Å². The van der Waals surface area contributed by atoms with E-state index in [9.17, 15) is 4.79 Å². The number of amides is 1.